The number of nitrogens with two attached hydrogens (primary N) is 1. The molecular weight excluding hydrogens is 224 g/mol. The number of rotatable bonds is 4. The zero-order chi connectivity index (χ0) is 12.8. The number of hydrogen-bond donors (Lipinski definition) is 2. The monoisotopic (exact) mass is 250 g/mol. The summed E-state index contributed by atoms with van der Waals surface area (Å²) >= 11 is 0. The van der Waals surface area contributed by atoms with Crippen LogP contribution in [0.25, 0.3) is 0 Å². The zero-order valence-electron chi connectivity index (χ0n) is 11.2. The van der Waals surface area contributed by atoms with Gasteiger partial charge < -0.3 is 11.1 Å². The minimum atomic E-state index is -0.167. The first-order valence-corrected chi connectivity index (χ1v) is 7.47. The average molecular weight is 250 g/mol. The number of carbonyl (C=O) groups is 1. The van der Waals surface area contributed by atoms with E-state index in [0.29, 0.717) is 12.0 Å². The summed E-state index contributed by atoms with van der Waals surface area (Å²) in [5, 5.41) is 3.56. The molecule has 3 nitrogen and oxygen atoms in total. The highest BCUT2D eigenvalue weighted by molar-refractivity contribution is 5.80. The topological polar surface area (TPSA) is 55.1 Å². The van der Waals surface area contributed by atoms with Gasteiger partial charge in [-0.05, 0) is 38.0 Å². The van der Waals surface area contributed by atoms with E-state index in [-0.39, 0.29) is 11.9 Å². The first-order valence-electron chi connectivity index (χ1n) is 7.47. The summed E-state index contributed by atoms with van der Waals surface area (Å²) in [7, 11) is 0. The molecule has 1 amide bonds. The molecule has 2 aliphatic rings. The minimum Gasteiger partial charge on any atom is -0.368 e. The van der Waals surface area contributed by atoms with Gasteiger partial charge in [-0.25, -0.2) is 0 Å². The van der Waals surface area contributed by atoms with Crippen LogP contribution >= 0.6 is 0 Å². The van der Waals surface area contributed by atoms with Crippen molar-refractivity contribution in [3.63, 3.8) is 0 Å². The number of allylic oxidation sites excluding steroid dienone is 2. The van der Waals surface area contributed by atoms with Crippen molar-refractivity contribution in [1.82, 2.24) is 5.32 Å². The molecule has 0 radical (unpaired) electrons. The summed E-state index contributed by atoms with van der Waals surface area (Å²) in [6, 6.07) is 0.369. The molecule has 0 bridgehead atoms. The van der Waals surface area contributed by atoms with E-state index >= 15 is 0 Å². The lowest BCUT2D eigenvalue weighted by molar-refractivity contribution is -0.121. The molecule has 0 spiro atoms. The second kappa shape index (κ2) is 6.93. The fraction of sp³-hybridized carbons (Fsp3) is 0.800. The molecule has 1 fully saturated rings. The van der Waals surface area contributed by atoms with Crippen LogP contribution in [0.3, 0.4) is 0 Å². The molecule has 2 unspecified atom stereocenters. The largest absolute Gasteiger partial charge is 0.368 e. The van der Waals surface area contributed by atoms with Crippen LogP contribution in [-0.2, 0) is 4.79 Å². The second-order valence-corrected chi connectivity index (χ2v) is 5.78. The third kappa shape index (κ3) is 3.84. The van der Waals surface area contributed by atoms with Crippen LogP contribution in [0.4, 0.5) is 0 Å². The van der Waals surface area contributed by atoms with Gasteiger partial charge in [-0.1, -0.05) is 37.8 Å². The number of primary amides is 1. The normalized spacial score (nSPS) is 27.7. The first kappa shape index (κ1) is 13.6. The predicted molar refractivity (Wildman–Crippen MR) is 74.1 cm³/mol. The Balaban J connectivity index is 1.92. The Morgan fingerprint density at radius 2 is 1.83 bits per heavy atom. The Morgan fingerprint density at radius 1 is 1.11 bits per heavy atom. The van der Waals surface area contributed by atoms with Crippen LogP contribution in [0.5, 0.6) is 0 Å². The predicted octanol–water partition coefficient (Wildman–Crippen LogP) is 2.51. The fourth-order valence-corrected chi connectivity index (χ4v) is 3.27. The van der Waals surface area contributed by atoms with Crippen LogP contribution in [0.15, 0.2) is 12.2 Å². The van der Waals surface area contributed by atoms with Gasteiger partial charge in [0.15, 0.2) is 0 Å². The van der Waals surface area contributed by atoms with Crippen molar-refractivity contribution in [3.8, 4) is 0 Å². The Morgan fingerprint density at radius 3 is 2.39 bits per heavy atom. The third-order valence-electron chi connectivity index (χ3n) is 4.36. The lowest BCUT2D eigenvalue weighted by atomic mass is 9.86. The van der Waals surface area contributed by atoms with E-state index in [2.05, 4.69) is 17.5 Å². The van der Waals surface area contributed by atoms with E-state index in [0.717, 1.165) is 19.3 Å². The van der Waals surface area contributed by atoms with Crippen LogP contribution in [-0.4, -0.2) is 18.0 Å². The van der Waals surface area contributed by atoms with Crippen LogP contribution in [0, 0.1) is 5.92 Å². The molecule has 102 valence electrons. The number of hydrogen-bond acceptors (Lipinski definition) is 2. The van der Waals surface area contributed by atoms with Gasteiger partial charge in [0.05, 0.1) is 6.04 Å². The SMILES string of the molecule is NC(=O)C(NC1CCCCCC1)C1CC=CCC1. The molecule has 18 heavy (non-hydrogen) atoms. The quantitative estimate of drug-likeness (QED) is 0.595. The summed E-state index contributed by atoms with van der Waals surface area (Å²) in [6.45, 7) is 0. The summed E-state index contributed by atoms with van der Waals surface area (Å²) in [5.41, 5.74) is 5.60. The number of nitrogens with one attached hydrogen (secondary N) is 1. The molecule has 0 aromatic heterocycles. The van der Waals surface area contributed by atoms with E-state index in [1.165, 1.54) is 38.5 Å². The number of amides is 1. The van der Waals surface area contributed by atoms with Crippen molar-refractivity contribution in [2.75, 3.05) is 0 Å². The highest BCUT2D eigenvalue weighted by Crippen LogP contribution is 2.24. The van der Waals surface area contributed by atoms with E-state index < -0.39 is 0 Å². The van der Waals surface area contributed by atoms with E-state index in [1.807, 2.05) is 0 Å². The Bertz CT molecular complexity index is 293. The van der Waals surface area contributed by atoms with Gasteiger partial charge in [0.25, 0.3) is 0 Å². The molecule has 3 heteroatoms. The Labute approximate surface area is 110 Å². The standard InChI is InChI=1S/C15H26N2O/c16-15(18)14(12-8-4-3-5-9-12)17-13-10-6-1-2-7-11-13/h3-4,12-14,17H,1-2,5-11H2,(H2,16,18). The van der Waals surface area contributed by atoms with Crippen molar-refractivity contribution in [3.05, 3.63) is 12.2 Å². The lowest BCUT2D eigenvalue weighted by Gasteiger charge is -2.30. The van der Waals surface area contributed by atoms with Gasteiger partial charge in [-0.3, -0.25) is 4.79 Å². The summed E-state index contributed by atoms with van der Waals surface area (Å²) in [6.07, 6.45) is 15.2. The summed E-state index contributed by atoms with van der Waals surface area (Å²) in [4.78, 5) is 11.7. The highest BCUT2D eigenvalue weighted by Gasteiger charge is 2.28. The van der Waals surface area contributed by atoms with Gasteiger partial charge in [-0.15, -0.1) is 0 Å². The molecule has 1 saturated carbocycles. The van der Waals surface area contributed by atoms with E-state index in [9.17, 15) is 4.79 Å². The Kier molecular flexibility index (Phi) is 5.24. The summed E-state index contributed by atoms with van der Waals surface area (Å²) in [5.74, 6) is 0.232. The number of carbonyl (C=O) groups excluding carboxylic acids is 1. The molecule has 0 heterocycles. The molecule has 2 atom stereocenters. The van der Waals surface area contributed by atoms with E-state index in [4.69, 9.17) is 5.73 Å². The zero-order valence-corrected chi connectivity index (χ0v) is 11.2. The minimum absolute atomic E-state index is 0.127. The van der Waals surface area contributed by atoms with Gasteiger partial charge in [0, 0.05) is 6.04 Å². The maximum absolute atomic E-state index is 11.7. The maximum atomic E-state index is 11.7. The lowest BCUT2D eigenvalue weighted by Crippen LogP contribution is -2.50. The molecule has 2 rings (SSSR count). The van der Waals surface area contributed by atoms with Crippen molar-refractivity contribution in [1.29, 1.82) is 0 Å². The van der Waals surface area contributed by atoms with Crippen molar-refractivity contribution >= 4 is 5.91 Å². The first-order chi connectivity index (χ1) is 8.77. The van der Waals surface area contributed by atoms with Crippen molar-refractivity contribution < 1.29 is 4.79 Å². The van der Waals surface area contributed by atoms with Crippen molar-refractivity contribution in [2.24, 2.45) is 11.7 Å². The van der Waals surface area contributed by atoms with Gasteiger partial charge >= 0.3 is 0 Å². The highest BCUT2D eigenvalue weighted by atomic mass is 16.1. The van der Waals surface area contributed by atoms with Gasteiger partial charge in [-0.2, -0.15) is 0 Å². The smallest absolute Gasteiger partial charge is 0.234 e. The van der Waals surface area contributed by atoms with Crippen LogP contribution in [0.2, 0.25) is 0 Å². The van der Waals surface area contributed by atoms with Gasteiger partial charge in [0.1, 0.15) is 0 Å². The summed E-state index contributed by atoms with van der Waals surface area (Å²) < 4.78 is 0. The maximum Gasteiger partial charge on any atom is 0.234 e. The molecular formula is C15H26N2O. The Hall–Kier alpha value is -0.830. The molecule has 0 saturated heterocycles. The van der Waals surface area contributed by atoms with Crippen LogP contribution in [0.1, 0.15) is 57.8 Å². The molecule has 2 aliphatic carbocycles. The molecule has 0 aromatic rings. The van der Waals surface area contributed by atoms with Crippen molar-refractivity contribution in [2.45, 2.75) is 69.9 Å². The molecule has 0 aromatic carbocycles. The van der Waals surface area contributed by atoms with E-state index in [1.54, 1.807) is 0 Å². The average Bonchev–Trinajstić information content (AvgIpc) is 2.65. The molecule has 0 aliphatic heterocycles. The third-order valence-corrected chi connectivity index (χ3v) is 4.36. The van der Waals surface area contributed by atoms with Gasteiger partial charge in [0.2, 0.25) is 5.91 Å². The second-order valence-electron chi connectivity index (χ2n) is 5.78. The van der Waals surface area contributed by atoms with Crippen LogP contribution < -0.4 is 11.1 Å². The fourth-order valence-electron chi connectivity index (χ4n) is 3.27. The molecule has 3 N–H and O–H groups in total.